The number of alkyl halides is 6. The molecule has 1 aromatic heterocycles. The second-order valence-corrected chi connectivity index (χ2v) is 4.04. The number of hydrogen-bond donors (Lipinski definition) is 1. The molecule has 0 spiro atoms. The van der Waals surface area contributed by atoms with Gasteiger partial charge in [-0.05, 0) is 12.1 Å². The Balaban J connectivity index is 2.66. The van der Waals surface area contributed by atoms with Gasteiger partial charge in [-0.15, -0.1) is 0 Å². The lowest BCUT2D eigenvalue weighted by Crippen LogP contribution is -2.12. The van der Waals surface area contributed by atoms with Crippen molar-refractivity contribution >= 4 is 5.95 Å². The van der Waals surface area contributed by atoms with Gasteiger partial charge in [0.25, 0.3) is 0 Å². The number of nitrogens with zero attached hydrogens (tertiary/aromatic N) is 2. The van der Waals surface area contributed by atoms with Gasteiger partial charge >= 0.3 is 12.4 Å². The van der Waals surface area contributed by atoms with E-state index in [1.54, 1.807) is 0 Å². The van der Waals surface area contributed by atoms with E-state index in [1.807, 2.05) is 0 Å². The zero-order valence-corrected chi connectivity index (χ0v) is 10.1. The summed E-state index contributed by atoms with van der Waals surface area (Å²) in [6, 6.07) is 4.59. The first-order valence-corrected chi connectivity index (χ1v) is 5.47. The normalized spacial score (nSPS) is 12.5. The molecule has 0 saturated heterocycles. The molecule has 2 aromatic rings. The number of anilines is 1. The third-order valence-electron chi connectivity index (χ3n) is 2.54. The highest BCUT2D eigenvalue weighted by molar-refractivity contribution is 5.65. The fraction of sp³-hybridized carbons (Fsp3) is 0.167. The van der Waals surface area contributed by atoms with Crippen molar-refractivity contribution in [3.8, 4) is 11.3 Å². The molecule has 2 N–H and O–H groups in total. The van der Waals surface area contributed by atoms with Crippen LogP contribution in [-0.4, -0.2) is 9.97 Å². The van der Waals surface area contributed by atoms with Crippen LogP contribution < -0.4 is 5.73 Å². The summed E-state index contributed by atoms with van der Waals surface area (Å²) < 4.78 is 76.5. The minimum Gasteiger partial charge on any atom is -0.368 e. The maximum absolute atomic E-state index is 12.9. The summed E-state index contributed by atoms with van der Waals surface area (Å²) >= 11 is 0. The van der Waals surface area contributed by atoms with Crippen LogP contribution >= 0.6 is 0 Å². The van der Waals surface area contributed by atoms with E-state index in [-0.39, 0.29) is 0 Å². The Morgan fingerprint density at radius 1 is 0.857 bits per heavy atom. The van der Waals surface area contributed by atoms with Crippen molar-refractivity contribution in [2.75, 3.05) is 5.73 Å². The van der Waals surface area contributed by atoms with Gasteiger partial charge in [0.1, 0.15) is 0 Å². The van der Waals surface area contributed by atoms with E-state index in [1.165, 1.54) is 6.07 Å². The largest absolute Gasteiger partial charge is 0.433 e. The van der Waals surface area contributed by atoms with Gasteiger partial charge in [-0.2, -0.15) is 26.3 Å². The summed E-state index contributed by atoms with van der Waals surface area (Å²) in [7, 11) is 0. The van der Waals surface area contributed by atoms with E-state index in [4.69, 9.17) is 5.73 Å². The van der Waals surface area contributed by atoms with Gasteiger partial charge in [0, 0.05) is 5.56 Å². The Kier molecular flexibility index (Phi) is 3.52. The summed E-state index contributed by atoms with van der Waals surface area (Å²) in [5.41, 5.74) is 1.61. The highest BCUT2D eigenvalue weighted by Gasteiger charge is 2.36. The number of benzene rings is 1. The Morgan fingerprint density at radius 3 is 2.05 bits per heavy atom. The first kappa shape index (κ1) is 15.1. The van der Waals surface area contributed by atoms with Gasteiger partial charge in [-0.25, -0.2) is 9.97 Å². The average molecular weight is 307 g/mol. The molecule has 1 heterocycles. The van der Waals surface area contributed by atoms with Gasteiger partial charge in [0.05, 0.1) is 11.3 Å². The molecule has 0 unspecified atom stereocenters. The van der Waals surface area contributed by atoms with Crippen LogP contribution in [0.2, 0.25) is 0 Å². The van der Waals surface area contributed by atoms with Crippen LogP contribution in [0, 0.1) is 0 Å². The minimum absolute atomic E-state index is 0.431. The first-order chi connectivity index (χ1) is 9.59. The van der Waals surface area contributed by atoms with E-state index in [0.717, 1.165) is 18.2 Å². The second kappa shape index (κ2) is 4.90. The summed E-state index contributed by atoms with van der Waals surface area (Å²) in [5, 5.41) is 0. The van der Waals surface area contributed by atoms with Crippen molar-refractivity contribution in [2.24, 2.45) is 0 Å². The fourth-order valence-corrected chi connectivity index (χ4v) is 1.70. The molecule has 0 aliphatic heterocycles. The van der Waals surface area contributed by atoms with Crippen molar-refractivity contribution in [3.63, 3.8) is 0 Å². The number of aromatic nitrogens is 2. The molecular weight excluding hydrogens is 300 g/mol. The topological polar surface area (TPSA) is 51.8 Å². The third kappa shape index (κ3) is 3.23. The van der Waals surface area contributed by atoms with Gasteiger partial charge in [0.15, 0.2) is 5.69 Å². The van der Waals surface area contributed by atoms with Gasteiger partial charge in [-0.1, -0.05) is 18.2 Å². The number of rotatable bonds is 1. The first-order valence-electron chi connectivity index (χ1n) is 5.47. The molecule has 112 valence electrons. The van der Waals surface area contributed by atoms with Crippen LogP contribution in [0.5, 0.6) is 0 Å². The summed E-state index contributed by atoms with van der Waals surface area (Å²) in [5.74, 6) is -0.753. The van der Waals surface area contributed by atoms with Crippen LogP contribution in [0.3, 0.4) is 0 Å². The molecule has 0 bridgehead atoms. The van der Waals surface area contributed by atoms with Crippen LogP contribution in [0.15, 0.2) is 30.3 Å². The smallest absolute Gasteiger partial charge is 0.368 e. The van der Waals surface area contributed by atoms with Crippen LogP contribution in [0.1, 0.15) is 11.3 Å². The maximum atomic E-state index is 12.9. The predicted octanol–water partition coefficient (Wildman–Crippen LogP) is 3.76. The van der Waals surface area contributed by atoms with E-state index < -0.39 is 40.8 Å². The summed E-state index contributed by atoms with van der Waals surface area (Å²) in [6.45, 7) is 0. The minimum atomic E-state index is -4.83. The molecule has 0 aliphatic carbocycles. The van der Waals surface area contributed by atoms with Crippen LogP contribution in [-0.2, 0) is 12.4 Å². The Labute approximate surface area is 114 Å². The monoisotopic (exact) mass is 307 g/mol. The number of nitrogens with two attached hydrogens (primary N) is 1. The van der Waals surface area contributed by atoms with E-state index in [9.17, 15) is 26.3 Å². The second-order valence-electron chi connectivity index (χ2n) is 4.04. The standard InChI is InChI=1S/C12H7F6N3/c13-11(14,15)7-4-2-1-3-6(7)8-5-9(12(16,17)18)21-10(19)20-8/h1-5H,(H2,19,20,21). The molecule has 0 amide bonds. The zero-order chi connectivity index (χ0) is 15.8. The number of halogens is 6. The van der Waals surface area contributed by atoms with E-state index in [2.05, 4.69) is 9.97 Å². The van der Waals surface area contributed by atoms with E-state index in [0.29, 0.717) is 6.07 Å². The van der Waals surface area contributed by atoms with Crippen LogP contribution in [0.25, 0.3) is 11.3 Å². The molecule has 0 aliphatic rings. The van der Waals surface area contributed by atoms with Crippen molar-refractivity contribution < 1.29 is 26.3 Å². The highest BCUT2D eigenvalue weighted by atomic mass is 19.4. The maximum Gasteiger partial charge on any atom is 0.433 e. The highest BCUT2D eigenvalue weighted by Crippen LogP contribution is 2.37. The molecule has 9 heteroatoms. The van der Waals surface area contributed by atoms with Gasteiger partial charge < -0.3 is 5.73 Å². The molecule has 0 saturated carbocycles. The molecule has 3 nitrogen and oxygen atoms in total. The molecule has 0 atom stereocenters. The van der Waals surface area contributed by atoms with Crippen molar-refractivity contribution in [1.29, 1.82) is 0 Å². The third-order valence-corrected chi connectivity index (χ3v) is 2.54. The van der Waals surface area contributed by atoms with E-state index >= 15 is 0 Å². The molecule has 2 rings (SSSR count). The predicted molar refractivity (Wildman–Crippen MR) is 61.9 cm³/mol. The zero-order valence-electron chi connectivity index (χ0n) is 10.1. The summed E-state index contributed by atoms with van der Waals surface area (Å²) in [6.07, 6.45) is -9.56. The molecular formula is C12H7F6N3. The van der Waals surface area contributed by atoms with Crippen molar-refractivity contribution in [1.82, 2.24) is 9.97 Å². The van der Waals surface area contributed by atoms with Gasteiger partial charge in [-0.3, -0.25) is 0 Å². The number of hydrogen-bond acceptors (Lipinski definition) is 3. The lowest BCUT2D eigenvalue weighted by atomic mass is 10.0. The lowest BCUT2D eigenvalue weighted by molar-refractivity contribution is -0.141. The molecule has 0 fully saturated rings. The SMILES string of the molecule is Nc1nc(-c2ccccc2C(F)(F)F)cc(C(F)(F)F)n1. The Bertz CT molecular complexity index is 663. The molecule has 21 heavy (non-hydrogen) atoms. The lowest BCUT2D eigenvalue weighted by Gasteiger charge is -2.13. The fourth-order valence-electron chi connectivity index (χ4n) is 1.70. The Morgan fingerprint density at radius 2 is 1.48 bits per heavy atom. The van der Waals surface area contributed by atoms with Gasteiger partial charge in [0.2, 0.25) is 5.95 Å². The Hall–Kier alpha value is -2.32. The van der Waals surface area contributed by atoms with Crippen molar-refractivity contribution in [2.45, 2.75) is 12.4 Å². The quantitative estimate of drug-likeness (QED) is 0.816. The van der Waals surface area contributed by atoms with Crippen LogP contribution in [0.4, 0.5) is 32.3 Å². The average Bonchev–Trinajstić information content (AvgIpc) is 2.36. The summed E-state index contributed by atoms with van der Waals surface area (Å²) in [4.78, 5) is 6.44. The molecule has 1 aromatic carbocycles. The van der Waals surface area contributed by atoms with Crippen molar-refractivity contribution in [3.05, 3.63) is 41.6 Å². The number of nitrogen functional groups attached to an aromatic ring is 1. The molecule has 0 radical (unpaired) electrons.